The quantitative estimate of drug-likeness (QED) is 0.445. The van der Waals surface area contributed by atoms with Crippen molar-refractivity contribution >= 4 is 22.6 Å². The summed E-state index contributed by atoms with van der Waals surface area (Å²) in [6.07, 6.45) is 0. The van der Waals surface area contributed by atoms with Crippen LogP contribution < -0.4 is 10.9 Å². The van der Waals surface area contributed by atoms with Gasteiger partial charge in [0, 0.05) is 43.7 Å². The number of hydrogen-bond acceptors (Lipinski definition) is 5. The van der Waals surface area contributed by atoms with E-state index < -0.39 is 0 Å². The number of aromatic nitrogens is 2. The smallest absolute Gasteiger partial charge is 0.274 e. The molecule has 8 heteroatoms. The van der Waals surface area contributed by atoms with Crippen LogP contribution in [0, 0.1) is 0 Å². The number of rotatable bonds is 6. The molecular weight excluding hydrogens is 466 g/mol. The Morgan fingerprint density at radius 3 is 2.16 bits per heavy atom. The van der Waals surface area contributed by atoms with Gasteiger partial charge in [-0.15, -0.1) is 0 Å². The third kappa shape index (κ3) is 5.44. The fraction of sp³-hybridized carbons (Fsp3) is 0.241. The molecule has 0 spiro atoms. The molecule has 0 radical (unpaired) electrons. The second-order valence-electron chi connectivity index (χ2n) is 9.32. The van der Waals surface area contributed by atoms with E-state index in [4.69, 9.17) is 0 Å². The first kappa shape index (κ1) is 24.4. The molecule has 2 amide bonds. The lowest BCUT2D eigenvalue weighted by molar-refractivity contribution is 0.0664. The van der Waals surface area contributed by atoms with Gasteiger partial charge in [0.05, 0.1) is 11.9 Å². The number of benzene rings is 3. The van der Waals surface area contributed by atoms with Crippen LogP contribution in [0.3, 0.4) is 0 Å². The van der Waals surface area contributed by atoms with Crippen molar-refractivity contribution in [2.45, 2.75) is 13.1 Å². The van der Waals surface area contributed by atoms with Gasteiger partial charge in [0.25, 0.3) is 17.4 Å². The fourth-order valence-corrected chi connectivity index (χ4v) is 4.49. The number of carbonyl (C=O) groups is 2. The first-order chi connectivity index (χ1) is 18.0. The summed E-state index contributed by atoms with van der Waals surface area (Å²) in [7, 11) is 2.06. The molecule has 3 aromatic carbocycles. The maximum absolute atomic E-state index is 13.2. The molecule has 1 aliphatic rings. The molecule has 2 heterocycles. The van der Waals surface area contributed by atoms with E-state index in [0.29, 0.717) is 16.3 Å². The molecule has 188 valence electrons. The van der Waals surface area contributed by atoms with Gasteiger partial charge >= 0.3 is 0 Å². The maximum Gasteiger partial charge on any atom is 0.274 e. The molecule has 0 bridgehead atoms. The van der Waals surface area contributed by atoms with Crippen LogP contribution in [0.1, 0.15) is 32.0 Å². The Morgan fingerprint density at radius 1 is 0.811 bits per heavy atom. The minimum atomic E-state index is -0.365. The van der Waals surface area contributed by atoms with E-state index in [1.54, 1.807) is 36.4 Å². The molecule has 1 fully saturated rings. The van der Waals surface area contributed by atoms with Gasteiger partial charge in [-0.25, -0.2) is 4.68 Å². The Hall–Kier alpha value is -4.30. The number of piperazine rings is 1. The Labute approximate surface area is 215 Å². The molecule has 8 nitrogen and oxygen atoms in total. The van der Waals surface area contributed by atoms with Crippen LogP contribution in [0.2, 0.25) is 0 Å². The van der Waals surface area contributed by atoms with E-state index in [0.717, 1.165) is 37.3 Å². The Morgan fingerprint density at radius 2 is 1.46 bits per heavy atom. The van der Waals surface area contributed by atoms with Crippen LogP contribution in [-0.2, 0) is 13.1 Å². The molecule has 0 unspecified atom stereocenters. The van der Waals surface area contributed by atoms with Crippen molar-refractivity contribution in [2.24, 2.45) is 0 Å². The Bertz CT molecular complexity index is 1470. The molecule has 4 aromatic rings. The minimum absolute atomic E-state index is 0.0278. The molecule has 1 aromatic heterocycles. The zero-order chi connectivity index (χ0) is 25.8. The summed E-state index contributed by atoms with van der Waals surface area (Å²) >= 11 is 0. The van der Waals surface area contributed by atoms with Crippen LogP contribution in [0.15, 0.2) is 83.7 Å². The van der Waals surface area contributed by atoms with Gasteiger partial charge in [0.15, 0.2) is 5.69 Å². The van der Waals surface area contributed by atoms with Crippen molar-refractivity contribution < 1.29 is 9.59 Å². The van der Waals surface area contributed by atoms with Gasteiger partial charge in [-0.05, 0) is 36.4 Å². The average Bonchev–Trinajstić information content (AvgIpc) is 2.94. The monoisotopic (exact) mass is 495 g/mol. The fourth-order valence-electron chi connectivity index (χ4n) is 4.49. The number of carbonyl (C=O) groups excluding carboxylic acids is 2. The third-order valence-corrected chi connectivity index (χ3v) is 6.70. The van der Waals surface area contributed by atoms with Crippen molar-refractivity contribution in [1.29, 1.82) is 0 Å². The van der Waals surface area contributed by atoms with Crippen molar-refractivity contribution in [1.82, 2.24) is 24.9 Å². The van der Waals surface area contributed by atoms with Gasteiger partial charge in [-0.2, -0.15) is 5.10 Å². The largest absolute Gasteiger partial charge is 0.347 e. The standard InChI is InChI=1S/C29H29N5O3/c1-32-15-17-33(18-16-32)28(36)23-13-11-21(12-14-23)19-30-27(35)26-24-9-5-6-10-25(24)29(37)34(31-26)20-22-7-3-2-4-8-22/h2-14H,15-20H2,1H3,(H,30,35). The molecular formula is C29H29N5O3. The molecule has 1 N–H and O–H groups in total. The molecule has 5 rings (SSSR count). The molecule has 1 aliphatic heterocycles. The van der Waals surface area contributed by atoms with Gasteiger partial charge in [0.1, 0.15) is 0 Å². The highest BCUT2D eigenvalue weighted by atomic mass is 16.2. The van der Waals surface area contributed by atoms with Crippen LogP contribution >= 0.6 is 0 Å². The third-order valence-electron chi connectivity index (χ3n) is 6.70. The normalized spacial score (nSPS) is 14.0. The Kier molecular flexibility index (Phi) is 7.09. The number of likely N-dealkylation sites (N-methyl/N-ethyl adjacent to an activating group) is 1. The first-order valence-electron chi connectivity index (χ1n) is 12.4. The van der Waals surface area contributed by atoms with Gasteiger partial charge in [-0.1, -0.05) is 60.7 Å². The van der Waals surface area contributed by atoms with Gasteiger partial charge in [0.2, 0.25) is 0 Å². The van der Waals surface area contributed by atoms with E-state index in [1.807, 2.05) is 47.4 Å². The van der Waals surface area contributed by atoms with E-state index in [9.17, 15) is 14.4 Å². The number of fused-ring (bicyclic) bond motifs is 1. The summed E-state index contributed by atoms with van der Waals surface area (Å²) in [4.78, 5) is 43.1. The number of nitrogens with zero attached hydrogens (tertiary/aromatic N) is 4. The molecule has 0 atom stereocenters. The lowest BCUT2D eigenvalue weighted by Gasteiger charge is -2.32. The maximum atomic E-state index is 13.2. The molecule has 37 heavy (non-hydrogen) atoms. The van der Waals surface area contributed by atoms with Crippen LogP contribution in [-0.4, -0.2) is 64.6 Å². The number of amides is 2. The predicted octanol–water partition coefficient (Wildman–Crippen LogP) is 2.76. The second-order valence-corrected chi connectivity index (χ2v) is 9.32. The summed E-state index contributed by atoms with van der Waals surface area (Å²) in [5.41, 5.74) is 2.39. The molecule has 1 saturated heterocycles. The van der Waals surface area contributed by atoms with Gasteiger partial charge in [-0.3, -0.25) is 14.4 Å². The second kappa shape index (κ2) is 10.8. The average molecular weight is 496 g/mol. The highest BCUT2D eigenvalue weighted by molar-refractivity contribution is 6.04. The predicted molar refractivity (Wildman–Crippen MR) is 143 cm³/mol. The molecule has 0 aliphatic carbocycles. The van der Waals surface area contributed by atoms with Crippen molar-refractivity contribution in [2.75, 3.05) is 33.2 Å². The van der Waals surface area contributed by atoms with E-state index >= 15 is 0 Å². The van der Waals surface area contributed by atoms with E-state index in [-0.39, 0.29) is 36.2 Å². The summed E-state index contributed by atoms with van der Waals surface area (Å²) in [6.45, 7) is 3.73. The zero-order valence-corrected chi connectivity index (χ0v) is 20.8. The lowest BCUT2D eigenvalue weighted by Crippen LogP contribution is -2.47. The topological polar surface area (TPSA) is 87.5 Å². The summed E-state index contributed by atoms with van der Waals surface area (Å²) in [6, 6.07) is 23.9. The SMILES string of the molecule is CN1CCN(C(=O)c2ccc(CNC(=O)c3nn(Cc4ccccc4)c(=O)c4ccccc34)cc2)CC1. The van der Waals surface area contributed by atoms with E-state index in [2.05, 4.69) is 22.4 Å². The van der Waals surface area contributed by atoms with Crippen molar-refractivity contribution in [3.8, 4) is 0 Å². The summed E-state index contributed by atoms with van der Waals surface area (Å²) in [5.74, 6) is -0.337. The summed E-state index contributed by atoms with van der Waals surface area (Å²) in [5, 5.41) is 8.32. The lowest BCUT2D eigenvalue weighted by atomic mass is 10.1. The molecule has 0 saturated carbocycles. The van der Waals surface area contributed by atoms with Crippen LogP contribution in [0.4, 0.5) is 0 Å². The van der Waals surface area contributed by atoms with E-state index in [1.165, 1.54) is 4.68 Å². The minimum Gasteiger partial charge on any atom is -0.347 e. The van der Waals surface area contributed by atoms with Crippen LogP contribution in [0.25, 0.3) is 10.8 Å². The number of hydrogen-bond donors (Lipinski definition) is 1. The summed E-state index contributed by atoms with van der Waals surface area (Å²) < 4.78 is 1.34. The van der Waals surface area contributed by atoms with Gasteiger partial charge < -0.3 is 15.1 Å². The highest BCUT2D eigenvalue weighted by Crippen LogP contribution is 2.15. The number of nitrogens with one attached hydrogen (secondary N) is 1. The zero-order valence-electron chi connectivity index (χ0n) is 20.8. The van der Waals surface area contributed by atoms with Crippen LogP contribution in [0.5, 0.6) is 0 Å². The van der Waals surface area contributed by atoms with Crippen molar-refractivity contribution in [3.63, 3.8) is 0 Å². The highest BCUT2D eigenvalue weighted by Gasteiger charge is 2.20. The van der Waals surface area contributed by atoms with Crippen molar-refractivity contribution in [3.05, 3.63) is 112 Å². The first-order valence-corrected chi connectivity index (χ1v) is 12.4. The Balaban J connectivity index is 1.31.